The lowest BCUT2D eigenvalue weighted by Crippen LogP contribution is -2.53. The van der Waals surface area contributed by atoms with Crippen LogP contribution in [0.15, 0.2) is 4.99 Å². The Morgan fingerprint density at radius 1 is 1.19 bits per heavy atom. The van der Waals surface area contributed by atoms with Gasteiger partial charge in [0, 0.05) is 21.3 Å². The average molecular weight is 247 g/mol. The summed E-state index contributed by atoms with van der Waals surface area (Å²) in [4.78, 5) is 14.2. The predicted molar refractivity (Wildman–Crippen MR) is 62.8 cm³/mol. The number of unbranched alkanes of at least 4 members (excludes halogenated alkanes) is 2. The van der Waals surface area contributed by atoms with Crippen LogP contribution >= 0.6 is 0 Å². The Balaban J connectivity index is 4.63. The number of rotatable bonds is 9. The molecule has 16 heavy (non-hydrogen) atoms. The second-order valence-electron chi connectivity index (χ2n) is 3.45. The van der Waals surface area contributed by atoms with Crippen LogP contribution in [0.1, 0.15) is 32.6 Å². The quantitative estimate of drug-likeness (QED) is 0.269. The van der Waals surface area contributed by atoms with E-state index < -0.39 is 8.80 Å². The zero-order chi connectivity index (χ0) is 12.4. The summed E-state index contributed by atoms with van der Waals surface area (Å²) in [6.45, 7) is 2.12. The van der Waals surface area contributed by atoms with E-state index in [1.54, 1.807) is 6.08 Å². The molecule has 0 saturated heterocycles. The lowest BCUT2D eigenvalue weighted by atomic mass is 10.2. The molecule has 0 rings (SSSR count). The lowest BCUT2D eigenvalue weighted by molar-refractivity contribution is 0.111. The van der Waals surface area contributed by atoms with Crippen molar-refractivity contribution in [2.24, 2.45) is 4.99 Å². The second-order valence-corrected chi connectivity index (χ2v) is 6.55. The van der Waals surface area contributed by atoms with Gasteiger partial charge in [0.15, 0.2) is 0 Å². The van der Waals surface area contributed by atoms with E-state index in [-0.39, 0.29) is 5.67 Å². The van der Waals surface area contributed by atoms with Gasteiger partial charge in [-0.15, -0.1) is 0 Å². The smallest absolute Gasteiger partial charge is 0.376 e. The molecule has 0 heterocycles. The van der Waals surface area contributed by atoms with Crippen molar-refractivity contribution in [3.63, 3.8) is 0 Å². The van der Waals surface area contributed by atoms with Crippen molar-refractivity contribution in [3.8, 4) is 0 Å². The van der Waals surface area contributed by atoms with Crippen LogP contribution in [0.2, 0.25) is 0 Å². The number of aliphatic imine (C=N–C) groups is 1. The van der Waals surface area contributed by atoms with Crippen LogP contribution in [0.5, 0.6) is 0 Å². The molecular formula is C10H21NO4Si. The van der Waals surface area contributed by atoms with Gasteiger partial charge < -0.3 is 13.3 Å². The summed E-state index contributed by atoms with van der Waals surface area (Å²) in [5.74, 6) is 0. The van der Waals surface area contributed by atoms with E-state index in [0.717, 1.165) is 25.7 Å². The highest BCUT2D eigenvalue weighted by molar-refractivity contribution is 6.62. The van der Waals surface area contributed by atoms with Crippen molar-refractivity contribution >= 4 is 14.9 Å². The minimum Gasteiger partial charge on any atom is -0.376 e. The average Bonchev–Trinajstić information content (AvgIpc) is 2.32. The van der Waals surface area contributed by atoms with Gasteiger partial charge >= 0.3 is 8.80 Å². The maximum Gasteiger partial charge on any atom is 0.527 e. The van der Waals surface area contributed by atoms with E-state index >= 15 is 0 Å². The molecular weight excluding hydrogens is 226 g/mol. The molecule has 0 aliphatic rings. The first-order chi connectivity index (χ1) is 7.70. The number of hydrogen-bond donors (Lipinski definition) is 0. The van der Waals surface area contributed by atoms with E-state index in [1.807, 2.05) is 0 Å². The molecule has 0 radical (unpaired) electrons. The molecule has 0 spiro atoms. The van der Waals surface area contributed by atoms with E-state index in [1.165, 1.54) is 21.3 Å². The van der Waals surface area contributed by atoms with Crippen molar-refractivity contribution in [3.05, 3.63) is 0 Å². The molecule has 0 aliphatic carbocycles. The Bertz CT molecular complexity index is 219. The summed E-state index contributed by atoms with van der Waals surface area (Å²) in [6.07, 6.45) is 5.47. The first-order valence-electron chi connectivity index (χ1n) is 5.43. The fourth-order valence-electron chi connectivity index (χ4n) is 1.63. The molecule has 0 aromatic heterocycles. The Morgan fingerprint density at radius 3 is 2.12 bits per heavy atom. The van der Waals surface area contributed by atoms with Crippen molar-refractivity contribution in [1.82, 2.24) is 0 Å². The third-order valence-electron chi connectivity index (χ3n) is 2.55. The standard InChI is InChI=1S/C10H21NO4Si/c1-5-6-7-8-10(11-9-12)16(13-2,14-3)15-4/h10H,5-8H2,1-4H3. The maximum atomic E-state index is 10.4. The van der Waals surface area contributed by atoms with Gasteiger partial charge in [-0.3, -0.25) is 0 Å². The van der Waals surface area contributed by atoms with Crippen LogP contribution in [-0.4, -0.2) is 41.9 Å². The SMILES string of the molecule is CCCCCC(N=C=O)[Si](OC)(OC)OC. The Kier molecular flexibility index (Phi) is 8.33. The monoisotopic (exact) mass is 247 g/mol. The van der Waals surface area contributed by atoms with E-state index in [9.17, 15) is 4.79 Å². The fourth-order valence-corrected chi connectivity index (χ4v) is 3.71. The molecule has 0 fully saturated rings. The summed E-state index contributed by atoms with van der Waals surface area (Å²) >= 11 is 0. The Labute approximate surface area is 98.2 Å². The van der Waals surface area contributed by atoms with E-state index in [4.69, 9.17) is 13.3 Å². The van der Waals surface area contributed by atoms with Crippen LogP contribution in [0.25, 0.3) is 0 Å². The van der Waals surface area contributed by atoms with Crippen molar-refractivity contribution in [2.75, 3.05) is 21.3 Å². The van der Waals surface area contributed by atoms with Crippen molar-refractivity contribution in [2.45, 2.75) is 38.3 Å². The van der Waals surface area contributed by atoms with Crippen molar-refractivity contribution < 1.29 is 18.1 Å². The summed E-state index contributed by atoms with van der Waals surface area (Å²) in [5, 5.41) is 0. The van der Waals surface area contributed by atoms with Gasteiger partial charge in [0.25, 0.3) is 0 Å². The molecule has 1 unspecified atom stereocenters. The van der Waals surface area contributed by atoms with Crippen LogP contribution in [0.3, 0.4) is 0 Å². The molecule has 0 bridgehead atoms. The highest BCUT2D eigenvalue weighted by atomic mass is 28.4. The van der Waals surface area contributed by atoms with Gasteiger partial charge in [-0.25, -0.2) is 4.79 Å². The second kappa shape index (κ2) is 8.61. The van der Waals surface area contributed by atoms with Gasteiger partial charge in [-0.2, -0.15) is 4.99 Å². The molecule has 0 amide bonds. The number of nitrogens with zero attached hydrogens (tertiary/aromatic N) is 1. The van der Waals surface area contributed by atoms with Crippen LogP contribution < -0.4 is 0 Å². The van der Waals surface area contributed by atoms with Crippen LogP contribution in [-0.2, 0) is 18.1 Å². The minimum atomic E-state index is -2.85. The number of carbonyl (C=O) groups excluding carboxylic acids is 1. The van der Waals surface area contributed by atoms with Gasteiger partial charge in [-0.05, 0) is 6.42 Å². The summed E-state index contributed by atoms with van der Waals surface area (Å²) in [6, 6.07) is 0. The number of isocyanates is 1. The number of hydrogen-bond acceptors (Lipinski definition) is 5. The Morgan fingerprint density at radius 2 is 1.75 bits per heavy atom. The zero-order valence-electron chi connectivity index (χ0n) is 10.5. The third-order valence-corrected chi connectivity index (χ3v) is 5.49. The maximum absolute atomic E-state index is 10.4. The van der Waals surface area contributed by atoms with Gasteiger partial charge in [-0.1, -0.05) is 26.2 Å². The van der Waals surface area contributed by atoms with Gasteiger partial charge in [0.1, 0.15) is 5.67 Å². The normalized spacial score (nSPS) is 13.2. The van der Waals surface area contributed by atoms with Gasteiger partial charge in [0.05, 0.1) is 0 Å². The molecule has 5 nitrogen and oxygen atoms in total. The fraction of sp³-hybridized carbons (Fsp3) is 0.900. The highest BCUT2D eigenvalue weighted by Crippen LogP contribution is 2.20. The van der Waals surface area contributed by atoms with Crippen molar-refractivity contribution in [1.29, 1.82) is 0 Å². The first-order valence-corrected chi connectivity index (χ1v) is 7.23. The van der Waals surface area contributed by atoms with E-state index in [2.05, 4.69) is 11.9 Å². The minimum absolute atomic E-state index is 0.350. The molecule has 0 aromatic carbocycles. The first kappa shape index (κ1) is 15.5. The highest BCUT2D eigenvalue weighted by Gasteiger charge is 2.47. The molecule has 94 valence electrons. The molecule has 6 heteroatoms. The van der Waals surface area contributed by atoms with Crippen LogP contribution in [0, 0.1) is 0 Å². The molecule has 0 aliphatic heterocycles. The predicted octanol–water partition coefficient (Wildman–Crippen LogP) is 1.69. The molecule has 0 saturated carbocycles. The molecule has 1 atom stereocenters. The summed E-state index contributed by atoms with van der Waals surface area (Å²) in [7, 11) is 1.71. The largest absolute Gasteiger partial charge is 0.527 e. The topological polar surface area (TPSA) is 57.1 Å². The lowest BCUT2D eigenvalue weighted by Gasteiger charge is -2.28. The third kappa shape index (κ3) is 4.15. The zero-order valence-corrected chi connectivity index (χ0v) is 11.5. The molecule has 0 aromatic rings. The summed E-state index contributed by atoms with van der Waals surface area (Å²) in [5.41, 5.74) is -0.350. The van der Waals surface area contributed by atoms with E-state index in [0.29, 0.717) is 0 Å². The van der Waals surface area contributed by atoms with Crippen LogP contribution in [0.4, 0.5) is 0 Å². The summed E-state index contributed by atoms with van der Waals surface area (Å²) < 4.78 is 15.9. The van der Waals surface area contributed by atoms with Gasteiger partial charge in [0.2, 0.25) is 6.08 Å². The Hall–Kier alpha value is -0.523. The molecule has 0 N–H and O–H groups in total.